The molecule has 3 fully saturated rings. The van der Waals surface area contributed by atoms with Gasteiger partial charge in [0.2, 0.25) is 6.29 Å². The summed E-state index contributed by atoms with van der Waals surface area (Å²) in [5, 5.41) is 10.1. The average Bonchev–Trinajstić information content (AvgIpc) is 3.00. The maximum absolute atomic E-state index is 13.1. The third-order valence-electron chi connectivity index (χ3n) is 9.08. The van der Waals surface area contributed by atoms with Gasteiger partial charge < -0.3 is 14.6 Å². The molecule has 3 saturated carbocycles. The number of hydrogen-bond donors (Lipinski definition) is 1. The van der Waals surface area contributed by atoms with E-state index in [4.69, 9.17) is 9.47 Å². The summed E-state index contributed by atoms with van der Waals surface area (Å²) in [7, 11) is 3.12. The molecule has 1 unspecified atom stereocenters. The van der Waals surface area contributed by atoms with Gasteiger partial charge in [0.25, 0.3) is 0 Å². The molecule has 4 nitrogen and oxygen atoms in total. The van der Waals surface area contributed by atoms with E-state index in [0.29, 0.717) is 17.8 Å². The van der Waals surface area contributed by atoms with E-state index in [9.17, 15) is 9.90 Å². The Morgan fingerprint density at radius 3 is 2.56 bits per heavy atom. The number of Topliss-reactive ketones (excluding diaryl/α,β-unsaturated/α-hetero) is 1. The van der Waals surface area contributed by atoms with Crippen LogP contribution < -0.4 is 0 Å². The van der Waals surface area contributed by atoms with E-state index in [2.05, 4.69) is 19.9 Å². The van der Waals surface area contributed by atoms with Gasteiger partial charge in [-0.15, -0.1) is 0 Å². The van der Waals surface area contributed by atoms with E-state index < -0.39 is 6.29 Å². The molecule has 0 radical (unpaired) electrons. The van der Waals surface area contributed by atoms with E-state index in [1.807, 2.05) is 0 Å². The number of allylic oxidation sites excluding steroid dienone is 1. The first-order valence-electron chi connectivity index (χ1n) is 10.8. The summed E-state index contributed by atoms with van der Waals surface area (Å²) < 4.78 is 10.6. The van der Waals surface area contributed by atoms with Crippen LogP contribution in [0, 0.1) is 34.5 Å². The topological polar surface area (TPSA) is 55.8 Å². The number of aliphatic hydroxyl groups is 1. The highest BCUT2D eigenvalue weighted by molar-refractivity contribution is 5.85. The predicted octanol–water partition coefficient (Wildman–Crippen LogP) is 4.11. The van der Waals surface area contributed by atoms with Crippen LogP contribution >= 0.6 is 0 Å². The van der Waals surface area contributed by atoms with Crippen molar-refractivity contribution in [3.8, 4) is 0 Å². The Morgan fingerprint density at radius 2 is 1.85 bits per heavy atom. The van der Waals surface area contributed by atoms with Gasteiger partial charge in [0.1, 0.15) is 0 Å². The van der Waals surface area contributed by atoms with Gasteiger partial charge in [-0.1, -0.05) is 25.5 Å². The molecule has 27 heavy (non-hydrogen) atoms. The monoisotopic (exact) mass is 376 g/mol. The Morgan fingerprint density at radius 1 is 1.11 bits per heavy atom. The molecule has 0 bridgehead atoms. The maximum Gasteiger partial charge on any atom is 0.217 e. The summed E-state index contributed by atoms with van der Waals surface area (Å²) in [4.78, 5) is 13.1. The molecule has 1 N–H and O–H groups in total. The molecule has 4 aliphatic carbocycles. The molecule has 4 heteroatoms. The Labute approximate surface area is 163 Å². The van der Waals surface area contributed by atoms with Crippen molar-refractivity contribution >= 4 is 5.78 Å². The lowest BCUT2D eigenvalue weighted by Gasteiger charge is -2.58. The Balaban J connectivity index is 1.60. The zero-order valence-electron chi connectivity index (χ0n) is 17.4. The fourth-order valence-corrected chi connectivity index (χ4v) is 7.60. The highest BCUT2D eigenvalue weighted by Crippen LogP contribution is 2.66. The molecule has 0 aromatic rings. The normalized spacial score (nSPS) is 46.4. The third-order valence-corrected chi connectivity index (χ3v) is 9.08. The Kier molecular flexibility index (Phi) is 5.05. The van der Waals surface area contributed by atoms with Crippen molar-refractivity contribution < 1.29 is 19.4 Å². The second-order valence-electron chi connectivity index (χ2n) is 10.0. The van der Waals surface area contributed by atoms with Crippen LogP contribution in [0.3, 0.4) is 0 Å². The van der Waals surface area contributed by atoms with Crippen molar-refractivity contribution in [1.29, 1.82) is 0 Å². The van der Waals surface area contributed by atoms with E-state index in [-0.39, 0.29) is 28.6 Å². The van der Waals surface area contributed by atoms with Crippen LogP contribution in [-0.4, -0.2) is 37.5 Å². The highest BCUT2D eigenvalue weighted by atomic mass is 16.7. The summed E-state index contributed by atoms with van der Waals surface area (Å²) in [6.07, 6.45) is 10.1. The molecular weight excluding hydrogens is 340 g/mol. The number of ether oxygens (including phenoxy) is 2. The Hall–Kier alpha value is -0.710. The van der Waals surface area contributed by atoms with Crippen molar-refractivity contribution in [1.82, 2.24) is 0 Å². The lowest BCUT2D eigenvalue weighted by Crippen LogP contribution is -2.51. The minimum Gasteiger partial charge on any atom is -0.393 e. The minimum atomic E-state index is -0.724. The predicted molar refractivity (Wildman–Crippen MR) is 104 cm³/mol. The van der Waals surface area contributed by atoms with Crippen LogP contribution in [0.25, 0.3) is 0 Å². The van der Waals surface area contributed by atoms with Crippen LogP contribution in [0.5, 0.6) is 0 Å². The molecule has 0 spiro atoms. The van der Waals surface area contributed by atoms with E-state index in [1.165, 1.54) is 12.0 Å². The van der Waals surface area contributed by atoms with Crippen molar-refractivity contribution in [2.24, 2.45) is 34.5 Å². The Bertz CT molecular complexity index is 624. The second-order valence-corrected chi connectivity index (χ2v) is 10.0. The first kappa shape index (κ1) is 19.6. The summed E-state index contributed by atoms with van der Waals surface area (Å²) in [6.45, 7) is 4.81. The molecule has 0 aromatic carbocycles. The maximum atomic E-state index is 13.1. The van der Waals surface area contributed by atoms with E-state index in [1.54, 1.807) is 14.2 Å². The van der Waals surface area contributed by atoms with Crippen LogP contribution in [0.15, 0.2) is 11.6 Å². The number of ketones is 1. The first-order valence-corrected chi connectivity index (χ1v) is 10.8. The number of hydrogen-bond acceptors (Lipinski definition) is 4. The summed E-state index contributed by atoms with van der Waals surface area (Å²) in [6, 6.07) is 0. The molecule has 4 aliphatic rings. The standard InChI is InChI=1S/C23H36O4/c1-22-11-9-15(24)13-14(22)5-6-16-17-7-8-19(20(25)21(26-3)27-4)23(17,2)12-10-18(16)22/h5,15-19,21,24H,6-13H2,1-4H3/t15?,16-,17-,18-,19+,22-,23-/m0/s1. The lowest BCUT2D eigenvalue weighted by molar-refractivity contribution is -0.166. The largest absolute Gasteiger partial charge is 0.393 e. The number of fused-ring (bicyclic) bond motifs is 5. The SMILES string of the molecule is COC(OC)C(=O)[C@H]1CC[C@H]2[C@@H]3CC=C4CC(O)CC[C@]4(C)[C@H]3CC[C@]12C. The number of rotatable bonds is 4. The second kappa shape index (κ2) is 6.96. The molecule has 152 valence electrons. The van der Waals surface area contributed by atoms with Gasteiger partial charge in [-0.05, 0) is 80.0 Å². The van der Waals surface area contributed by atoms with Crippen molar-refractivity contribution in [2.75, 3.05) is 14.2 Å². The van der Waals surface area contributed by atoms with Crippen LogP contribution in [-0.2, 0) is 14.3 Å². The molecule has 0 amide bonds. The fourth-order valence-electron chi connectivity index (χ4n) is 7.60. The average molecular weight is 377 g/mol. The van der Waals surface area contributed by atoms with Crippen LogP contribution in [0.1, 0.15) is 65.2 Å². The number of aliphatic hydroxyl groups excluding tert-OH is 1. The molecule has 0 aromatic heterocycles. The fraction of sp³-hybridized carbons (Fsp3) is 0.870. The zero-order valence-corrected chi connectivity index (χ0v) is 17.4. The number of carbonyl (C=O) groups is 1. The van der Waals surface area contributed by atoms with Gasteiger partial charge in [0.05, 0.1) is 6.10 Å². The van der Waals surface area contributed by atoms with Gasteiger partial charge in [-0.3, -0.25) is 4.79 Å². The lowest BCUT2D eigenvalue weighted by atomic mass is 9.47. The smallest absolute Gasteiger partial charge is 0.217 e. The van der Waals surface area contributed by atoms with E-state index in [0.717, 1.165) is 44.9 Å². The molecule has 0 aliphatic heterocycles. The van der Waals surface area contributed by atoms with Crippen LogP contribution in [0.2, 0.25) is 0 Å². The highest BCUT2D eigenvalue weighted by Gasteiger charge is 2.60. The van der Waals surface area contributed by atoms with Gasteiger partial charge in [0.15, 0.2) is 5.78 Å². The first-order chi connectivity index (χ1) is 12.8. The summed E-state index contributed by atoms with van der Waals surface area (Å²) in [5.74, 6) is 2.19. The number of carbonyl (C=O) groups excluding carboxylic acids is 1. The van der Waals surface area contributed by atoms with Gasteiger partial charge in [-0.25, -0.2) is 0 Å². The van der Waals surface area contributed by atoms with Gasteiger partial charge in [0, 0.05) is 20.1 Å². The quantitative estimate of drug-likeness (QED) is 0.592. The van der Waals surface area contributed by atoms with Crippen molar-refractivity contribution in [3.63, 3.8) is 0 Å². The van der Waals surface area contributed by atoms with E-state index >= 15 is 0 Å². The number of methoxy groups -OCH3 is 2. The van der Waals surface area contributed by atoms with Crippen molar-refractivity contribution in [3.05, 3.63) is 11.6 Å². The third kappa shape index (κ3) is 2.86. The molecule has 7 atom stereocenters. The summed E-state index contributed by atoms with van der Waals surface area (Å²) in [5.41, 5.74) is 1.84. The molecular formula is C23H36O4. The minimum absolute atomic E-state index is 0.0553. The zero-order chi connectivity index (χ0) is 19.4. The molecule has 0 saturated heterocycles. The molecule has 4 rings (SSSR count). The summed E-state index contributed by atoms with van der Waals surface area (Å²) >= 11 is 0. The van der Waals surface area contributed by atoms with Crippen LogP contribution in [0.4, 0.5) is 0 Å². The molecule has 0 heterocycles. The van der Waals surface area contributed by atoms with Crippen molar-refractivity contribution in [2.45, 2.75) is 77.6 Å². The van der Waals surface area contributed by atoms with Gasteiger partial charge >= 0.3 is 0 Å². The van der Waals surface area contributed by atoms with Gasteiger partial charge in [-0.2, -0.15) is 0 Å².